The third-order valence-corrected chi connectivity index (χ3v) is 3.95. The molecule has 0 N–H and O–H groups in total. The van der Waals surface area contributed by atoms with Crippen LogP contribution in [0.15, 0.2) is 24.3 Å². The van der Waals surface area contributed by atoms with Gasteiger partial charge in [0, 0.05) is 24.7 Å². The molecule has 0 saturated carbocycles. The van der Waals surface area contributed by atoms with Crippen LogP contribution in [0.5, 0.6) is 0 Å². The van der Waals surface area contributed by atoms with Crippen molar-refractivity contribution >= 4 is 37.5 Å². The molecule has 0 unspecified atom stereocenters. The summed E-state index contributed by atoms with van der Waals surface area (Å²) in [6.45, 7) is 3.31. The summed E-state index contributed by atoms with van der Waals surface area (Å²) in [4.78, 5) is 0. The number of aromatic nitrogens is 1. The first-order chi connectivity index (χ1) is 6.83. The average molecular weight is 351 g/mol. The lowest BCUT2D eigenvalue weighted by Crippen LogP contribution is -3.00. The fraction of sp³-hybridized carbons (Fsp3) is 0.364. The van der Waals surface area contributed by atoms with Gasteiger partial charge in [-0.2, -0.15) is 4.57 Å². The monoisotopic (exact) mass is 349 g/mol. The number of halogens is 2. The highest BCUT2D eigenvalue weighted by atomic mass is 79.9. The quantitative estimate of drug-likeness (QED) is 0.553. The summed E-state index contributed by atoms with van der Waals surface area (Å²) in [7, 11) is 0. The summed E-state index contributed by atoms with van der Waals surface area (Å²) in [5, 5.41) is 2.47. The molecule has 1 aromatic carbocycles. The molecule has 2 rings (SSSR count). The summed E-state index contributed by atoms with van der Waals surface area (Å²) in [6.07, 6.45) is 1.19. The second kappa shape index (κ2) is 5.97. The Morgan fingerprint density at radius 3 is 2.80 bits per heavy atom. The molecule has 0 aliphatic rings. The zero-order chi connectivity index (χ0) is 9.97. The van der Waals surface area contributed by atoms with Gasteiger partial charge in [-0.15, -0.1) is 0 Å². The molecular weight excluding hydrogens is 338 g/mol. The predicted molar refractivity (Wildman–Crippen MR) is 65.2 cm³/mol. The molecule has 1 nitrogen and oxygen atoms in total. The molecule has 1 aromatic heterocycles. The number of benzene rings is 1. The highest BCUT2D eigenvalue weighted by Crippen LogP contribution is 2.19. The molecule has 0 radical (unpaired) electrons. The molecule has 4 heteroatoms. The van der Waals surface area contributed by atoms with Crippen molar-refractivity contribution in [1.29, 1.82) is 0 Å². The molecule has 82 valence electrons. The smallest absolute Gasteiger partial charge is 0.235 e. The van der Waals surface area contributed by atoms with E-state index in [0.717, 1.165) is 11.9 Å². The number of hydrogen-bond donors (Lipinski definition) is 0. The van der Waals surface area contributed by atoms with Gasteiger partial charge in [0.25, 0.3) is 0 Å². The van der Waals surface area contributed by atoms with Crippen LogP contribution in [0, 0.1) is 6.92 Å². The van der Waals surface area contributed by atoms with Gasteiger partial charge in [-0.25, -0.2) is 0 Å². The van der Waals surface area contributed by atoms with E-state index < -0.39 is 0 Å². The van der Waals surface area contributed by atoms with Crippen molar-refractivity contribution in [2.45, 2.75) is 19.9 Å². The fourth-order valence-corrected chi connectivity index (χ4v) is 2.94. The van der Waals surface area contributed by atoms with Crippen molar-refractivity contribution in [3.63, 3.8) is 0 Å². The Bertz CT molecular complexity index is 439. The maximum atomic E-state index is 3.47. The fourth-order valence-electron chi connectivity index (χ4n) is 1.65. The third kappa shape index (κ3) is 2.80. The lowest BCUT2D eigenvalue weighted by molar-refractivity contribution is -0.672. The van der Waals surface area contributed by atoms with Crippen molar-refractivity contribution < 1.29 is 21.5 Å². The second-order valence-electron chi connectivity index (χ2n) is 3.28. The maximum Gasteiger partial charge on any atom is 0.235 e. The largest absolute Gasteiger partial charge is 1.00 e. The topological polar surface area (TPSA) is 3.88 Å². The average Bonchev–Trinajstić information content (AvgIpc) is 2.51. The van der Waals surface area contributed by atoms with Crippen LogP contribution in [0.25, 0.3) is 10.2 Å². The van der Waals surface area contributed by atoms with Gasteiger partial charge < -0.3 is 17.0 Å². The molecule has 0 atom stereocenters. The predicted octanol–water partition coefficient (Wildman–Crippen LogP) is 0.286. The van der Waals surface area contributed by atoms with Crippen molar-refractivity contribution in [2.24, 2.45) is 0 Å². The van der Waals surface area contributed by atoms with Crippen LogP contribution in [-0.2, 0) is 6.54 Å². The van der Waals surface area contributed by atoms with E-state index in [1.807, 2.05) is 11.3 Å². The Hall–Kier alpha value is 0.0700. The van der Waals surface area contributed by atoms with Gasteiger partial charge in [-0.05, 0) is 6.07 Å². The summed E-state index contributed by atoms with van der Waals surface area (Å²) in [6, 6.07) is 8.61. The SMILES string of the molecule is Cc1sc2ccccc2[n+]1CCCBr.[Br-]. The van der Waals surface area contributed by atoms with Gasteiger partial charge in [0.1, 0.15) is 4.70 Å². The Morgan fingerprint density at radius 2 is 2.07 bits per heavy atom. The van der Waals surface area contributed by atoms with Crippen LogP contribution in [-0.4, -0.2) is 5.33 Å². The van der Waals surface area contributed by atoms with Crippen LogP contribution in [0.3, 0.4) is 0 Å². The molecule has 2 aromatic rings. The lowest BCUT2D eigenvalue weighted by atomic mass is 10.3. The number of aryl methyl sites for hydroxylation is 2. The molecule has 0 aliphatic carbocycles. The van der Waals surface area contributed by atoms with Crippen LogP contribution in [0.1, 0.15) is 11.4 Å². The lowest BCUT2D eigenvalue weighted by Gasteiger charge is -1.93. The normalized spacial score (nSPS) is 10.3. The van der Waals surface area contributed by atoms with Crippen molar-refractivity contribution in [1.82, 2.24) is 0 Å². The maximum absolute atomic E-state index is 3.47. The Kier molecular flexibility index (Phi) is 5.23. The van der Waals surface area contributed by atoms with Gasteiger partial charge in [-0.3, -0.25) is 0 Å². The van der Waals surface area contributed by atoms with E-state index in [1.165, 1.54) is 21.6 Å². The number of rotatable bonds is 3. The van der Waals surface area contributed by atoms with E-state index in [2.05, 4.69) is 51.7 Å². The molecule has 0 amide bonds. The van der Waals surface area contributed by atoms with Gasteiger partial charge >= 0.3 is 0 Å². The number of para-hydroxylation sites is 1. The van der Waals surface area contributed by atoms with Gasteiger partial charge in [0.2, 0.25) is 10.5 Å². The summed E-state index contributed by atoms with van der Waals surface area (Å²) < 4.78 is 3.79. The minimum absolute atomic E-state index is 0. The Labute approximate surface area is 113 Å². The summed E-state index contributed by atoms with van der Waals surface area (Å²) >= 11 is 5.35. The zero-order valence-electron chi connectivity index (χ0n) is 8.54. The molecule has 0 saturated heterocycles. The van der Waals surface area contributed by atoms with Crippen molar-refractivity contribution in [3.8, 4) is 0 Å². The van der Waals surface area contributed by atoms with Crippen molar-refractivity contribution in [2.75, 3.05) is 5.33 Å². The summed E-state index contributed by atoms with van der Waals surface area (Å²) in [5.41, 5.74) is 1.37. The van der Waals surface area contributed by atoms with Crippen molar-refractivity contribution in [3.05, 3.63) is 29.3 Å². The first-order valence-electron chi connectivity index (χ1n) is 4.77. The van der Waals surface area contributed by atoms with E-state index >= 15 is 0 Å². The first-order valence-corrected chi connectivity index (χ1v) is 6.70. The minimum atomic E-state index is 0. The highest BCUT2D eigenvalue weighted by Gasteiger charge is 2.15. The number of thiazole rings is 1. The number of nitrogens with zero attached hydrogens (tertiary/aromatic N) is 1. The Balaban J connectivity index is 0.00000112. The van der Waals surface area contributed by atoms with E-state index in [4.69, 9.17) is 0 Å². The highest BCUT2D eigenvalue weighted by molar-refractivity contribution is 9.09. The van der Waals surface area contributed by atoms with E-state index in [-0.39, 0.29) is 17.0 Å². The van der Waals surface area contributed by atoms with E-state index in [0.29, 0.717) is 0 Å². The number of fused-ring (bicyclic) bond motifs is 1. The van der Waals surface area contributed by atoms with Crippen LogP contribution in [0.4, 0.5) is 0 Å². The Morgan fingerprint density at radius 1 is 1.33 bits per heavy atom. The second-order valence-corrected chi connectivity index (χ2v) is 5.31. The molecule has 0 spiro atoms. The molecule has 0 aliphatic heterocycles. The number of hydrogen-bond acceptors (Lipinski definition) is 1. The molecular formula is C11H13Br2NS. The molecule has 0 bridgehead atoms. The van der Waals surface area contributed by atoms with E-state index in [1.54, 1.807) is 0 Å². The molecule has 1 heterocycles. The van der Waals surface area contributed by atoms with Crippen LogP contribution in [0.2, 0.25) is 0 Å². The minimum Gasteiger partial charge on any atom is -1.00 e. The van der Waals surface area contributed by atoms with Crippen LogP contribution >= 0.6 is 27.3 Å². The summed E-state index contributed by atoms with van der Waals surface area (Å²) in [5.74, 6) is 0. The van der Waals surface area contributed by atoms with Gasteiger partial charge in [-0.1, -0.05) is 39.4 Å². The van der Waals surface area contributed by atoms with Gasteiger partial charge in [0.05, 0.1) is 0 Å². The molecule has 0 fully saturated rings. The van der Waals surface area contributed by atoms with Gasteiger partial charge in [0.15, 0.2) is 6.54 Å². The standard InChI is InChI=1S/C11H13BrNS.BrH/c1-9-13(8-4-7-12)10-5-2-3-6-11(10)14-9;/h2-3,5-6H,4,7-8H2,1H3;1H/q+1;/p-1. The first kappa shape index (κ1) is 13.1. The third-order valence-electron chi connectivity index (χ3n) is 2.31. The zero-order valence-corrected chi connectivity index (χ0v) is 12.5. The van der Waals surface area contributed by atoms with E-state index in [9.17, 15) is 0 Å². The van der Waals surface area contributed by atoms with Crippen LogP contribution < -0.4 is 21.5 Å². The number of alkyl halides is 1. The molecule has 15 heavy (non-hydrogen) atoms.